The SMILES string of the molecule is c1ccc(N2c3ccccc3B3c4cc5c(cc4Oc4cccc2c43)N2c3cc4c(cc3B3c6ccccc6N(c6ccccc6)c6cc7c(c2c63)B5c2ccccc2O7)B2c3ccccc3N(c3ccccc3)c3cccc(c32)O4)cc1. The van der Waals surface area contributed by atoms with Gasteiger partial charge in [0, 0.05) is 86.4 Å². The van der Waals surface area contributed by atoms with Crippen LogP contribution >= 0.6 is 0 Å². The number of ether oxygens (including phenoxy) is 3. The Morgan fingerprint density at radius 3 is 1.06 bits per heavy atom. The molecule has 11 heteroatoms. The van der Waals surface area contributed by atoms with Crippen molar-refractivity contribution in [3.63, 3.8) is 0 Å². The van der Waals surface area contributed by atoms with Crippen LogP contribution in [-0.4, -0.2) is 26.9 Å². The number of hydrogen-bond acceptors (Lipinski definition) is 7. The highest BCUT2D eigenvalue weighted by atomic mass is 16.5. The van der Waals surface area contributed by atoms with Crippen molar-refractivity contribution < 1.29 is 14.2 Å². The van der Waals surface area contributed by atoms with E-state index in [1.807, 2.05) is 0 Å². The quantitative estimate of drug-likeness (QED) is 0.164. The van der Waals surface area contributed by atoms with Gasteiger partial charge < -0.3 is 33.8 Å². The number of fused-ring (bicyclic) bond motifs is 18. The van der Waals surface area contributed by atoms with Gasteiger partial charge in [0.25, 0.3) is 26.9 Å². The van der Waals surface area contributed by atoms with Crippen LogP contribution in [0, 0.1) is 0 Å². The fourth-order valence-corrected chi connectivity index (χ4v) is 15.8. The van der Waals surface area contributed by atoms with E-state index in [4.69, 9.17) is 14.2 Å². The number of rotatable bonds is 3. The van der Waals surface area contributed by atoms with Gasteiger partial charge in [-0.15, -0.1) is 0 Å². The van der Waals surface area contributed by atoms with Crippen molar-refractivity contribution in [2.75, 3.05) is 19.6 Å². The van der Waals surface area contributed by atoms with Gasteiger partial charge >= 0.3 is 0 Å². The summed E-state index contributed by atoms with van der Waals surface area (Å²) in [6, 6.07) is 93.3. The summed E-state index contributed by atoms with van der Waals surface area (Å²) in [5.74, 6) is 5.18. The molecule has 12 aromatic rings. The molecule has 0 spiro atoms. The molecule has 0 radical (unpaired) electrons. The molecule has 0 unspecified atom stereocenters. The molecule has 0 saturated carbocycles. The predicted molar refractivity (Wildman–Crippen MR) is 343 cm³/mol. The average Bonchev–Trinajstić information content (AvgIpc) is 0.896. The summed E-state index contributed by atoms with van der Waals surface area (Å²) < 4.78 is 22.2. The van der Waals surface area contributed by atoms with Crippen molar-refractivity contribution in [2.45, 2.75) is 0 Å². The number of nitrogens with zero attached hydrogens (tertiary/aromatic N) is 4. The van der Waals surface area contributed by atoms with Crippen LogP contribution in [0.2, 0.25) is 0 Å². The topological polar surface area (TPSA) is 40.7 Å². The Morgan fingerprint density at radius 1 is 0.205 bits per heavy atom. The fraction of sp³-hybridized carbons (Fsp3) is 0. The van der Waals surface area contributed by atoms with E-state index < -0.39 is 0 Å². The second-order valence-electron chi connectivity index (χ2n) is 22.9. The first-order valence-electron chi connectivity index (χ1n) is 28.8. The monoisotopic (exact) mass is 1050 g/mol. The van der Waals surface area contributed by atoms with Gasteiger partial charge in [0.1, 0.15) is 34.5 Å². The van der Waals surface area contributed by atoms with E-state index in [-0.39, 0.29) is 26.9 Å². The van der Waals surface area contributed by atoms with Crippen LogP contribution in [0.1, 0.15) is 0 Å². The molecule has 0 atom stereocenters. The van der Waals surface area contributed by atoms with Crippen molar-refractivity contribution in [3.8, 4) is 34.5 Å². The molecule has 8 aliphatic rings. The number of benzene rings is 12. The second-order valence-corrected chi connectivity index (χ2v) is 22.9. The van der Waals surface area contributed by atoms with Crippen molar-refractivity contribution in [3.05, 3.63) is 255 Å². The molecule has 7 nitrogen and oxygen atoms in total. The van der Waals surface area contributed by atoms with Gasteiger partial charge in [-0.2, -0.15) is 0 Å². The molecule has 8 heterocycles. The molecule has 0 saturated heterocycles. The van der Waals surface area contributed by atoms with E-state index in [1.54, 1.807) is 0 Å². The summed E-state index contributed by atoms with van der Waals surface area (Å²) in [4.78, 5) is 9.86. The van der Waals surface area contributed by atoms with Crippen molar-refractivity contribution >= 4 is 161 Å². The maximum Gasteiger partial charge on any atom is 0.256 e. The number of hydrogen-bond donors (Lipinski definition) is 0. The molecular weight excluding hydrogens is 1010 g/mol. The van der Waals surface area contributed by atoms with Crippen LogP contribution in [0.15, 0.2) is 255 Å². The van der Waals surface area contributed by atoms with Crippen LogP contribution in [0.5, 0.6) is 34.5 Å². The van der Waals surface area contributed by atoms with Gasteiger partial charge in [0.2, 0.25) is 0 Å². The second kappa shape index (κ2) is 16.1. The lowest BCUT2D eigenvalue weighted by Crippen LogP contribution is -2.69. The maximum atomic E-state index is 7.42. The Hall–Kier alpha value is -10.5. The highest BCUT2D eigenvalue weighted by Crippen LogP contribution is 2.51. The predicted octanol–water partition coefficient (Wildman–Crippen LogP) is 9.51. The van der Waals surface area contributed by atoms with Gasteiger partial charge in [0.15, 0.2) is 0 Å². The number of anilines is 12. The number of para-hydroxylation sites is 7. The van der Waals surface area contributed by atoms with Crippen LogP contribution in [-0.2, 0) is 0 Å². The minimum atomic E-state index is -0.168. The highest BCUT2D eigenvalue weighted by Gasteiger charge is 2.54. The molecule has 8 aliphatic heterocycles. The van der Waals surface area contributed by atoms with E-state index in [0.29, 0.717) is 0 Å². The Labute approximate surface area is 481 Å². The Morgan fingerprint density at radius 2 is 0.566 bits per heavy atom. The third-order valence-electron chi connectivity index (χ3n) is 18.9. The summed E-state index contributed by atoms with van der Waals surface area (Å²) in [6.45, 7) is -0.515. The molecule has 0 N–H and O–H groups in total. The van der Waals surface area contributed by atoms with Crippen molar-refractivity contribution in [1.82, 2.24) is 0 Å². The molecule has 0 amide bonds. The van der Waals surface area contributed by atoms with E-state index in [0.717, 1.165) is 108 Å². The molecule has 380 valence electrons. The van der Waals surface area contributed by atoms with Crippen molar-refractivity contribution in [1.29, 1.82) is 0 Å². The summed E-state index contributed by atoms with van der Waals surface area (Å²) >= 11 is 0. The van der Waals surface area contributed by atoms with Gasteiger partial charge in [-0.25, -0.2) is 0 Å². The molecule has 83 heavy (non-hydrogen) atoms. The molecule has 20 rings (SSSR count). The minimum Gasteiger partial charge on any atom is -0.458 e. The van der Waals surface area contributed by atoms with Gasteiger partial charge in [0.05, 0.1) is 0 Å². The highest BCUT2D eigenvalue weighted by molar-refractivity contribution is 7.06. The van der Waals surface area contributed by atoms with E-state index >= 15 is 0 Å². The minimum absolute atomic E-state index is 0.0959. The molecule has 0 bridgehead atoms. The summed E-state index contributed by atoms with van der Waals surface area (Å²) in [6.07, 6.45) is 0. The Kier molecular flexibility index (Phi) is 8.60. The Bertz CT molecular complexity index is 4850. The fourth-order valence-electron chi connectivity index (χ4n) is 15.8. The molecule has 0 aromatic heterocycles. The molecule has 0 fully saturated rings. The van der Waals surface area contributed by atoms with Crippen molar-refractivity contribution in [2.24, 2.45) is 0 Å². The molecule has 0 aliphatic carbocycles. The van der Waals surface area contributed by atoms with Crippen LogP contribution in [0.3, 0.4) is 0 Å². The van der Waals surface area contributed by atoms with Gasteiger partial charge in [-0.05, 0) is 150 Å². The summed E-state index contributed by atoms with van der Waals surface area (Å²) in [5.41, 5.74) is 27.9. The smallest absolute Gasteiger partial charge is 0.256 e. The zero-order valence-electron chi connectivity index (χ0n) is 44.6. The van der Waals surface area contributed by atoms with Crippen LogP contribution in [0.4, 0.5) is 68.2 Å². The maximum absolute atomic E-state index is 7.42. The molecular formula is C72H42B4N4O3. The van der Waals surface area contributed by atoms with Crippen LogP contribution in [0.25, 0.3) is 0 Å². The first-order chi connectivity index (χ1) is 41.2. The van der Waals surface area contributed by atoms with Gasteiger partial charge in [-0.3, -0.25) is 0 Å². The lowest BCUT2D eigenvalue weighted by Gasteiger charge is -2.50. The van der Waals surface area contributed by atoms with E-state index in [9.17, 15) is 0 Å². The first-order valence-corrected chi connectivity index (χ1v) is 28.8. The zero-order valence-corrected chi connectivity index (χ0v) is 44.6. The van der Waals surface area contributed by atoms with E-state index in [1.165, 1.54) is 60.5 Å². The Balaban J connectivity index is 0.877. The molecule has 12 aromatic carbocycles. The zero-order chi connectivity index (χ0) is 53.8. The largest absolute Gasteiger partial charge is 0.458 e. The summed E-state index contributed by atoms with van der Waals surface area (Å²) in [7, 11) is 0. The third-order valence-corrected chi connectivity index (χ3v) is 18.9. The lowest BCUT2D eigenvalue weighted by molar-refractivity contribution is 0.487. The third kappa shape index (κ3) is 5.73. The average molecular weight is 1050 g/mol. The first kappa shape index (κ1) is 44.3. The van der Waals surface area contributed by atoms with Gasteiger partial charge in [-0.1, -0.05) is 152 Å². The lowest BCUT2D eigenvalue weighted by atomic mass is 9.27. The summed E-state index contributed by atoms with van der Waals surface area (Å²) in [5, 5.41) is 0. The normalized spacial score (nSPS) is 14.6. The standard InChI is InChI=1S/C72H42B4N4O3/c1-4-20-43(21-5-1)77-54-30-14-11-27-47(54)74-52-38-50-59(40-65(52)82-63-36-18-33-57(77)68(63)74)80-60-41-66-53(75-48-28-12-15-31-55(48)78(44-22-6-2-7-23-44)58-34-19-37-64(83-66)69(58)75)39-51(60)76-49-29-13-17-35-62(49)81-67-42-61-70(72(80)71(67)76)73(50)46-26-10-16-32-56(46)79(61)45-24-8-3-9-25-45/h1-42H. The van der Waals surface area contributed by atoms with Crippen LogP contribution < -0.4 is 99.4 Å². The van der Waals surface area contributed by atoms with E-state index in [2.05, 4.69) is 274 Å².